The van der Waals surface area contributed by atoms with Crippen LogP contribution in [0.25, 0.3) is 0 Å². The highest BCUT2D eigenvalue weighted by atomic mass is 16.8. The smallest absolute Gasteiger partial charge is 0.335 e. The number of aliphatic carboxylic acids is 1. The maximum absolute atomic E-state index is 13.0. The summed E-state index contributed by atoms with van der Waals surface area (Å²) >= 11 is 0. The van der Waals surface area contributed by atoms with Crippen molar-refractivity contribution in [2.24, 2.45) is 0 Å². The van der Waals surface area contributed by atoms with Gasteiger partial charge in [0.05, 0.1) is 37.6 Å². The molecule has 9 aliphatic heterocycles. The molecule has 0 unspecified atom stereocenters. The van der Waals surface area contributed by atoms with Gasteiger partial charge in [0, 0.05) is 6.92 Å². The molecule has 9 heterocycles. The van der Waals surface area contributed by atoms with Crippen molar-refractivity contribution in [2.75, 3.05) is 13.2 Å². The Morgan fingerprint density at radius 3 is 1.39 bits per heavy atom. The van der Waals surface area contributed by atoms with Crippen LogP contribution in [0, 0.1) is 0 Å². The maximum Gasteiger partial charge on any atom is 0.335 e. The Kier molecular flexibility index (Phi) is 19.5. The summed E-state index contributed by atoms with van der Waals surface area (Å²) in [6.07, 6.45) is -66.4. The number of aliphatic hydroxyl groups is 15. The van der Waals surface area contributed by atoms with Crippen LogP contribution in [0.1, 0.15) is 34.6 Å². The molecule has 77 heavy (non-hydrogen) atoms. The second-order valence-corrected chi connectivity index (χ2v) is 20.4. The number of carboxylic acids is 1. The fourth-order valence-electron chi connectivity index (χ4n) is 10.5. The first-order valence-corrected chi connectivity index (χ1v) is 25.0. The number of nitrogens with one attached hydrogen (secondary N) is 1. The van der Waals surface area contributed by atoms with Crippen molar-refractivity contribution >= 4 is 11.9 Å². The summed E-state index contributed by atoms with van der Waals surface area (Å²) in [6, 6.07) is -1.72. The lowest BCUT2D eigenvalue weighted by molar-refractivity contribution is -0.410. The Morgan fingerprint density at radius 1 is 0.390 bits per heavy atom. The molecule has 0 aliphatic carbocycles. The summed E-state index contributed by atoms with van der Waals surface area (Å²) in [4.78, 5) is 25.9. The van der Waals surface area contributed by atoms with Gasteiger partial charge in [-0.05, 0) is 27.7 Å². The monoisotopic (exact) mass is 1130 g/mol. The van der Waals surface area contributed by atoms with Crippen LogP contribution in [0.2, 0.25) is 0 Å². The molecule has 0 saturated carbocycles. The van der Waals surface area contributed by atoms with Crippen molar-refractivity contribution in [1.82, 2.24) is 5.32 Å². The molecular formula is C44H71NO32. The van der Waals surface area contributed by atoms with E-state index >= 15 is 0 Å². The minimum absolute atomic E-state index is 0.819. The maximum atomic E-state index is 13.0. The van der Waals surface area contributed by atoms with Crippen LogP contribution in [-0.2, 0) is 75.9 Å². The molecular weight excluding hydrogens is 1050 g/mol. The standard InChI is InChI=1S/C44H71NO32/c1-8-16(49)23(56)34-43(66-8)70-29-15(45-12(5)48)38(68-14(7-47)21(29)54)71-30-17(50)9(2)64-41(27(30)60)74-33-24(57)26(59)40(76-35(33)37(62)63)77-36-32(73-39-25(58)22(55)20(53)13(6-46)69-39)19(52)11(4)67-44(36)72-31-18(51)10(3)65-42(75-34)28(31)61/h8-11,13-36,38-44,46-47,49-61H,6-7H2,1-5H3,(H,45,48)(H,62,63)/t8-,9-,10-,11-,13+,14+,15+,16-,17-,18-,19-,20+,21+,22-,23+,24+,25+,26+,27+,28+,29+,30+,31+,32+,33+,34+,35-,36+,38+,39-,40+,41-,42-,43-,44-/m0/s1. The fourth-order valence-corrected chi connectivity index (χ4v) is 10.5. The van der Waals surface area contributed by atoms with E-state index in [4.69, 9.17) is 66.3 Å². The minimum atomic E-state index is -2.40. The Labute approximate surface area is 437 Å². The van der Waals surface area contributed by atoms with Gasteiger partial charge in [0.15, 0.2) is 50.1 Å². The number of ether oxygens (including phenoxy) is 14. The number of hydrogen-bond acceptors (Lipinski definition) is 31. The van der Waals surface area contributed by atoms with Crippen molar-refractivity contribution < 1.29 is 158 Å². The largest absolute Gasteiger partial charge is 0.479 e. The average Bonchev–Trinajstić information content (AvgIpc) is 3.39. The van der Waals surface area contributed by atoms with Crippen molar-refractivity contribution in [3.8, 4) is 0 Å². The Balaban J connectivity index is 1.23. The molecule has 0 aromatic rings. The number of hydrogen-bond donors (Lipinski definition) is 17. The molecule has 444 valence electrons. The highest BCUT2D eigenvalue weighted by molar-refractivity contribution is 5.73. The van der Waals surface area contributed by atoms with Gasteiger partial charge in [-0.15, -0.1) is 0 Å². The first kappa shape index (κ1) is 60.9. The van der Waals surface area contributed by atoms with Gasteiger partial charge in [-0.25, -0.2) is 4.79 Å². The molecule has 35 atom stereocenters. The van der Waals surface area contributed by atoms with E-state index in [-0.39, 0.29) is 0 Å². The van der Waals surface area contributed by atoms with E-state index in [2.05, 4.69) is 5.32 Å². The molecule has 1 amide bonds. The van der Waals surface area contributed by atoms with Crippen molar-refractivity contribution in [2.45, 2.75) is 249 Å². The van der Waals surface area contributed by atoms with E-state index in [1.54, 1.807) is 0 Å². The molecule has 0 aromatic heterocycles. The topological polar surface area (TPSA) is 499 Å². The predicted molar refractivity (Wildman–Crippen MR) is 235 cm³/mol. The van der Waals surface area contributed by atoms with Gasteiger partial charge >= 0.3 is 5.97 Å². The van der Waals surface area contributed by atoms with Crippen molar-refractivity contribution in [3.05, 3.63) is 0 Å². The van der Waals surface area contributed by atoms with Crippen LogP contribution < -0.4 is 5.32 Å². The molecule has 9 rings (SSSR count). The number of aliphatic hydroxyl groups excluding tert-OH is 15. The third-order valence-corrected chi connectivity index (χ3v) is 15.0. The van der Waals surface area contributed by atoms with Crippen LogP contribution in [0.3, 0.4) is 0 Å². The summed E-state index contributed by atoms with van der Waals surface area (Å²) in [5.41, 5.74) is 0. The normalized spacial score (nSPS) is 55.0. The molecule has 17 N–H and O–H groups in total. The van der Waals surface area contributed by atoms with Gasteiger partial charge in [0.25, 0.3) is 0 Å². The number of carboxylic acid groups (broad SMARTS) is 1. The summed E-state index contributed by atoms with van der Waals surface area (Å²) in [5, 5.41) is 182. The summed E-state index contributed by atoms with van der Waals surface area (Å²) < 4.78 is 83.2. The molecule has 9 fully saturated rings. The van der Waals surface area contributed by atoms with E-state index in [1.165, 1.54) is 27.7 Å². The third kappa shape index (κ3) is 12.0. The highest BCUT2D eigenvalue weighted by Crippen LogP contribution is 2.40. The molecule has 9 aliphatic rings. The van der Waals surface area contributed by atoms with Crippen LogP contribution >= 0.6 is 0 Å². The van der Waals surface area contributed by atoms with Crippen LogP contribution in [-0.4, -0.2) is 322 Å². The average molecular weight is 1130 g/mol. The minimum Gasteiger partial charge on any atom is -0.479 e. The van der Waals surface area contributed by atoms with E-state index in [0.29, 0.717) is 0 Å². The Bertz CT molecular complexity index is 1970. The zero-order valence-corrected chi connectivity index (χ0v) is 41.8. The lowest BCUT2D eigenvalue weighted by Gasteiger charge is -2.51. The SMILES string of the molecule is CC(=O)N[C@H]1[C@H]2O[C@@H]3[C@@H](O)[C@H](C)O[C@@H](O[C@@H]4[C@H](O)[C@@H](O)[C@@H](O[C@H]5[C@H](O[C@@H]6[C@@H](O)[C@H](C)O[C@@H](O[C@H]7[C@H](O[C@H]1[C@H](O)[C@@H](CO)O2)O[C@@H](C)[C@H](O)[C@H]7O)[C@@H]6O)O[C@@H](C)[C@H](O)[C@H]5O[C@@H]1O[C@H](CO)[C@@H](O)[C@H](O)[C@H]1O)O[C@@H]4C(=O)O)[C@@H]3O. The van der Waals surface area contributed by atoms with Gasteiger partial charge in [-0.1, -0.05) is 0 Å². The van der Waals surface area contributed by atoms with Gasteiger partial charge in [0.2, 0.25) is 5.91 Å². The third-order valence-electron chi connectivity index (χ3n) is 15.0. The lowest BCUT2D eigenvalue weighted by Crippen LogP contribution is -2.70. The summed E-state index contributed by atoms with van der Waals surface area (Å²) in [7, 11) is 0. The van der Waals surface area contributed by atoms with Gasteiger partial charge < -0.3 is 153 Å². The molecule has 9 saturated heterocycles. The molecule has 8 bridgehead atoms. The van der Waals surface area contributed by atoms with Crippen LogP contribution in [0.5, 0.6) is 0 Å². The second-order valence-electron chi connectivity index (χ2n) is 20.4. The molecule has 0 radical (unpaired) electrons. The number of fused-ring (bicyclic) bond motifs is 2. The number of rotatable bonds is 6. The van der Waals surface area contributed by atoms with Crippen LogP contribution in [0.4, 0.5) is 0 Å². The molecule has 0 spiro atoms. The van der Waals surface area contributed by atoms with E-state index in [0.717, 1.165) is 6.92 Å². The fraction of sp³-hybridized carbons (Fsp3) is 0.955. The first-order chi connectivity index (χ1) is 36.3. The van der Waals surface area contributed by atoms with Crippen molar-refractivity contribution in [3.63, 3.8) is 0 Å². The number of carbonyl (C=O) groups is 2. The molecule has 0 aromatic carbocycles. The van der Waals surface area contributed by atoms with E-state index in [1.807, 2.05) is 0 Å². The quantitative estimate of drug-likeness (QED) is 0.117. The number of carbonyl (C=O) groups excluding carboxylic acids is 1. The zero-order chi connectivity index (χ0) is 56.4. The molecule has 33 heteroatoms. The Hall–Kier alpha value is -2.22. The lowest BCUT2D eigenvalue weighted by atomic mass is 9.94. The van der Waals surface area contributed by atoms with Crippen LogP contribution in [0.15, 0.2) is 0 Å². The van der Waals surface area contributed by atoms with E-state index < -0.39 is 240 Å². The zero-order valence-electron chi connectivity index (χ0n) is 41.8. The Morgan fingerprint density at radius 2 is 0.831 bits per heavy atom. The summed E-state index contributed by atoms with van der Waals surface area (Å²) in [6.45, 7) is 4.24. The second kappa shape index (κ2) is 24.7. The predicted octanol–water partition coefficient (Wildman–Crippen LogP) is -10.9. The van der Waals surface area contributed by atoms with Gasteiger partial charge in [0.1, 0.15) is 140 Å². The van der Waals surface area contributed by atoms with E-state index in [9.17, 15) is 91.3 Å². The van der Waals surface area contributed by atoms with Crippen molar-refractivity contribution in [1.29, 1.82) is 0 Å². The van der Waals surface area contributed by atoms with Gasteiger partial charge in [-0.2, -0.15) is 0 Å². The summed E-state index contributed by atoms with van der Waals surface area (Å²) in [5.74, 6) is -2.72. The first-order valence-electron chi connectivity index (χ1n) is 25.0. The highest BCUT2D eigenvalue weighted by Gasteiger charge is 2.60. The number of amides is 1. The van der Waals surface area contributed by atoms with Gasteiger partial charge in [-0.3, -0.25) is 4.79 Å². The molecule has 33 nitrogen and oxygen atoms in total.